The third-order valence-electron chi connectivity index (χ3n) is 5.16. The summed E-state index contributed by atoms with van der Waals surface area (Å²) in [4.78, 5) is 53.7. The third kappa shape index (κ3) is 5.61. The van der Waals surface area contributed by atoms with Crippen LogP contribution in [0, 0.1) is 5.92 Å². The molecule has 0 aliphatic carbocycles. The summed E-state index contributed by atoms with van der Waals surface area (Å²) in [6.45, 7) is 9.27. The number of hydrogen-bond acceptors (Lipinski definition) is 6. The predicted octanol–water partition coefficient (Wildman–Crippen LogP) is 1.30. The molecule has 9 nitrogen and oxygen atoms in total. The van der Waals surface area contributed by atoms with E-state index in [2.05, 4.69) is 5.32 Å². The molecule has 2 heterocycles. The van der Waals surface area contributed by atoms with Crippen molar-refractivity contribution in [2.75, 3.05) is 20.2 Å². The van der Waals surface area contributed by atoms with Gasteiger partial charge in [-0.1, -0.05) is 13.8 Å². The molecule has 0 bridgehead atoms. The normalized spacial score (nSPS) is 25.2. The standard InChI is InChI=1S/C20H33N3O6/c1-12(2)16(24)22-10-9-13-7-8-15(18(26)28-6)23(13)17(25)14(11-22)21-19(27)29-20(3,4)5/h12-15H,7-11H2,1-6H3,(H,21,27)/t13-,14+,15+/m1/s1. The van der Waals surface area contributed by atoms with Crippen LogP contribution in [-0.2, 0) is 23.9 Å². The number of nitrogens with zero attached hydrogens (tertiary/aromatic N) is 2. The molecule has 9 heteroatoms. The first-order chi connectivity index (χ1) is 13.4. The Morgan fingerprint density at radius 3 is 2.34 bits per heavy atom. The number of alkyl carbamates (subject to hydrolysis) is 1. The zero-order chi connectivity index (χ0) is 21.9. The van der Waals surface area contributed by atoms with Crippen LogP contribution in [0.3, 0.4) is 0 Å². The SMILES string of the molecule is COC(=O)[C@@H]1CC[C@@H]2CCN(C(=O)C(C)C)C[C@H](NC(=O)OC(C)(C)C)C(=O)N21. The van der Waals surface area contributed by atoms with E-state index in [1.807, 2.05) is 0 Å². The van der Waals surface area contributed by atoms with Crippen LogP contribution in [0.25, 0.3) is 0 Å². The third-order valence-corrected chi connectivity index (χ3v) is 5.16. The highest BCUT2D eigenvalue weighted by atomic mass is 16.6. The summed E-state index contributed by atoms with van der Waals surface area (Å²) in [5, 5.41) is 2.61. The largest absolute Gasteiger partial charge is 0.467 e. The van der Waals surface area contributed by atoms with Gasteiger partial charge in [0.15, 0.2) is 0 Å². The van der Waals surface area contributed by atoms with Crippen molar-refractivity contribution >= 4 is 23.9 Å². The van der Waals surface area contributed by atoms with E-state index >= 15 is 0 Å². The fourth-order valence-electron chi connectivity index (χ4n) is 3.86. The number of methoxy groups -OCH3 is 1. The molecule has 3 amide bonds. The number of ether oxygens (including phenoxy) is 2. The van der Waals surface area contributed by atoms with E-state index in [0.717, 1.165) is 0 Å². The molecule has 0 saturated carbocycles. The van der Waals surface area contributed by atoms with Crippen LogP contribution >= 0.6 is 0 Å². The number of hydrogen-bond donors (Lipinski definition) is 1. The summed E-state index contributed by atoms with van der Waals surface area (Å²) < 4.78 is 10.2. The van der Waals surface area contributed by atoms with Gasteiger partial charge in [0.1, 0.15) is 17.7 Å². The Morgan fingerprint density at radius 2 is 1.79 bits per heavy atom. The van der Waals surface area contributed by atoms with Crippen LogP contribution in [0.15, 0.2) is 0 Å². The van der Waals surface area contributed by atoms with Crippen molar-refractivity contribution in [1.29, 1.82) is 0 Å². The highest BCUT2D eigenvalue weighted by Gasteiger charge is 2.46. The van der Waals surface area contributed by atoms with Crippen molar-refractivity contribution in [2.24, 2.45) is 5.92 Å². The molecule has 2 aliphatic rings. The van der Waals surface area contributed by atoms with Crippen molar-refractivity contribution in [1.82, 2.24) is 15.1 Å². The van der Waals surface area contributed by atoms with Gasteiger partial charge in [-0.2, -0.15) is 0 Å². The van der Waals surface area contributed by atoms with Crippen LogP contribution < -0.4 is 5.32 Å². The summed E-state index contributed by atoms with van der Waals surface area (Å²) in [6.07, 6.45) is 0.990. The van der Waals surface area contributed by atoms with Crippen molar-refractivity contribution in [3.05, 3.63) is 0 Å². The molecular formula is C20H33N3O6. The highest BCUT2D eigenvalue weighted by molar-refractivity contribution is 5.91. The molecule has 2 rings (SSSR count). The van der Waals surface area contributed by atoms with Gasteiger partial charge in [-0.05, 0) is 40.0 Å². The Morgan fingerprint density at radius 1 is 1.14 bits per heavy atom. The van der Waals surface area contributed by atoms with Gasteiger partial charge in [0.2, 0.25) is 11.8 Å². The average Bonchev–Trinajstić information content (AvgIpc) is 3.02. The monoisotopic (exact) mass is 411 g/mol. The summed E-state index contributed by atoms with van der Waals surface area (Å²) in [5.74, 6) is -1.17. The first kappa shape index (κ1) is 23.0. The molecule has 0 radical (unpaired) electrons. The van der Waals surface area contributed by atoms with Gasteiger partial charge in [0.25, 0.3) is 0 Å². The minimum absolute atomic E-state index is 0.0339. The lowest BCUT2D eigenvalue weighted by atomic mass is 10.1. The molecule has 2 fully saturated rings. The molecule has 2 aliphatic heterocycles. The van der Waals surface area contributed by atoms with E-state index in [1.165, 1.54) is 12.0 Å². The Labute approximate surface area is 172 Å². The number of carbonyl (C=O) groups excluding carboxylic acids is 4. The lowest BCUT2D eigenvalue weighted by Gasteiger charge is -2.39. The molecule has 0 unspecified atom stereocenters. The summed E-state index contributed by atoms with van der Waals surface area (Å²) in [5.41, 5.74) is -0.729. The lowest BCUT2D eigenvalue weighted by Crippen LogP contribution is -2.61. The first-order valence-electron chi connectivity index (χ1n) is 10.1. The lowest BCUT2D eigenvalue weighted by molar-refractivity contribution is -0.154. The Bertz CT molecular complexity index is 657. The number of nitrogens with one attached hydrogen (secondary N) is 1. The van der Waals surface area contributed by atoms with Gasteiger partial charge in [-0.25, -0.2) is 9.59 Å². The number of esters is 1. The minimum atomic E-state index is -0.999. The van der Waals surface area contributed by atoms with Crippen LogP contribution in [0.4, 0.5) is 4.79 Å². The Hall–Kier alpha value is -2.32. The van der Waals surface area contributed by atoms with Gasteiger partial charge in [0, 0.05) is 18.5 Å². The molecule has 29 heavy (non-hydrogen) atoms. The quantitative estimate of drug-likeness (QED) is 0.702. The van der Waals surface area contributed by atoms with E-state index in [4.69, 9.17) is 9.47 Å². The maximum Gasteiger partial charge on any atom is 0.408 e. The maximum atomic E-state index is 13.4. The highest BCUT2D eigenvalue weighted by Crippen LogP contribution is 2.30. The van der Waals surface area contributed by atoms with Gasteiger partial charge in [0.05, 0.1) is 13.7 Å². The van der Waals surface area contributed by atoms with E-state index in [1.54, 1.807) is 39.5 Å². The molecule has 2 saturated heterocycles. The molecular weight excluding hydrogens is 378 g/mol. The summed E-state index contributed by atoms with van der Waals surface area (Å²) >= 11 is 0. The van der Waals surface area contributed by atoms with Crippen molar-refractivity contribution in [3.63, 3.8) is 0 Å². The second kappa shape index (κ2) is 9.00. The Balaban J connectivity index is 2.30. The average molecular weight is 411 g/mol. The number of rotatable bonds is 3. The van der Waals surface area contributed by atoms with Crippen LogP contribution in [-0.4, -0.2) is 77.6 Å². The molecule has 0 aromatic carbocycles. The molecule has 0 aromatic rings. The van der Waals surface area contributed by atoms with Gasteiger partial charge in [-0.15, -0.1) is 0 Å². The topological polar surface area (TPSA) is 105 Å². The summed E-state index contributed by atoms with van der Waals surface area (Å²) in [6, 6.07) is -1.86. The van der Waals surface area contributed by atoms with E-state index in [9.17, 15) is 19.2 Å². The van der Waals surface area contributed by atoms with Crippen molar-refractivity contribution in [2.45, 2.75) is 77.6 Å². The minimum Gasteiger partial charge on any atom is -0.467 e. The maximum absolute atomic E-state index is 13.4. The van der Waals surface area contributed by atoms with Gasteiger partial charge >= 0.3 is 12.1 Å². The van der Waals surface area contributed by atoms with Crippen LogP contribution in [0.5, 0.6) is 0 Å². The number of amides is 3. The second-order valence-electron chi connectivity index (χ2n) is 8.94. The van der Waals surface area contributed by atoms with Crippen molar-refractivity contribution < 1.29 is 28.7 Å². The molecule has 3 atom stereocenters. The van der Waals surface area contributed by atoms with E-state index < -0.39 is 35.7 Å². The molecule has 1 N–H and O–H groups in total. The van der Waals surface area contributed by atoms with Gasteiger partial charge in [-0.3, -0.25) is 9.59 Å². The van der Waals surface area contributed by atoms with Crippen molar-refractivity contribution in [3.8, 4) is 0 Å². The van der Waals surface area contributed by atoms with Crippen LogP contribution in [0.2, 0.25) is 0 Å². The molecule has 0 aromatic heterocycles. The zero-order valence-corrected chi connectivity index (χ0v) is 18.2. The smallest absolute Gasteiger partial charge is 0.408 e. The fourth-order valence-corrected chi connectivity index (χ4v) is 3.86. The predicted molar refractivity (Wildman–Crippen MR) is 105 cm³/mol. The molecule has 164 valence electrons. The zero-order valence-electron chi connectivity index (χ0n) is 18.2. The Kier molecular flexibility index (Phi) is 7.13. The van der Waals surface area contributed by atoms with E-state index in [-0.39, 0.29) is 24.4 Å². The van der Waals surface area contributed by atoms with Crippen LogP contribution in [0.1, 0.15) is 53.9 Å². The van der Waals surface area contributed by atoms with E-state index in [0.29, 0.717) is 25.8 Å². The summed E-state index contributed by atoms with van der Waals surface area (Å²) in [7, 11) is 1.30. The molecule has 0 spiro atoms. The number of carbonyl (C=O) groups is 4. The fraction of sp³-hybridized carbons (Fsp3) is 0.800. The van der Waals surface area contributed by atoms with Gasteiger partial charge < -0.3 is 24.6 Å². The second-order valence-corrected chi connectivity index (χ2v) is 8.94. The number of fused-ring (bicyclic) bond motifs is 1. The first-order valence-corrected chi connectivity index (χ1v) is 10.1.